The summed E-state index contributed by atoms with van der Waals surface area (Å²) >= 11 is 0. The number of hydrogen-bond donors (Lipinski definition) is 3. The second kappa shape index (κ2) is 7.94. The Morgan fingerprint density at radius 3 is 1.91 bits per heavy atom. The molecule has 2 amide bonds. The molecule has 0 saturated heterocycles. The minimum atomic E-state index is -0.436. The van der Waals surface area contributed by atoms with Crippen molar-refractivity contribution >= 4 is 11.8 Å². The van der Waals surface area contributed by atoms with Crippen LogP contribution in [0.3, 0.4) is 0 Å². The van der Waals surface area contributed by atoms with Crippen LogP contribution in [0.25, 0.3) is 0 Å². The molecular formula is C17H26N2O3. The van der Waals surface area contributed by atoms with E-state index in [0.29, 0.717) is 30.6 Å². The molecule has 0 radical (unpaired) electrons. The van der Waals surface area contributed by atoms with Gasteiger partial charge in [-0.2, -0.15) is 0 Å². The molecule has 1 unspecified atom stereocenters. The van der Waals surface area contributed by atoms with Gasteiger partial charge in [0.2, 0.25) is 0 Å². The van der Waals surface area contributed by atoms with E-state index in [1.54, 1.807) is 31.2 Å². The molecule has 1 rings (SSSR count). The quantitative estimate of drug-likeness (QED) is 0.752. The molecule has 5 heteroatoms. The summed E-state index contributed by atoms with van der Waals surface area (Å²) in [6.45, 7) is 8.84. The first-order valence-corrected chi connectivity index (χ1v) is 7.53. The van der Waals surface area contributed by atoms with Crippen LogP contribution in [0.2, 0.25) is 0 Å². The van der Waals surface area contributed by atoms with Crippen LogP contribution in [-0.4, -0.2) is 36.1 Å². The van der Waals surface area contributed by atoms with Crippen LogP contribution in [-0.2, 0) is 0 Å². The summed E-state index contributed by atoms with van der Waals surface area (Å²) in [5, 5.41) is 14.7. The van der Waals surface area contributed by atoms with E-state index >= 15 is 0 Å². The number of nitrogens with one attached hydrogen (secondary N) is 2. The fourth-order valence-electron chi connectivity index (χ4n) is 1.72. The van der Waals surface area contributed by atoms with E-state index in [1.165, 1.54) is 0 Å². The van der Waals surface area contributed by atoms with Gasteiger partial charge in [-0.1, -0.05) is 20.8 Å². The topological polar surface area (TPSA) is 78.4 Å². The van der Waals surface area contributed by atoms with Crippen molar-refractivity contribution < 1.29 is 14.7 Å². The third-order valence-corrected chi connectivity index (χ3v) is 3.04. The minimum Gasteiger partial charge on any atom is -0.393 e. The maximum Gasteiger partial charge on any atom is 0.251 e. The first-order chi connectivity index (χ1) is 10.2. The third-order valence-electron chi connectivity index (χ3n) is 3.04. The van der Waals surface area contributed by atoms with Crippen LogP contribution < -0.4 is 10.6 Å². The average Bonchev–Trinajstić information content (AvgIpc) is 2.43. The molecule has 0 aliphatic carbocycles. The molecule has 3 N–H and O–H groups in total. The monoisotopic (exact) mass is 306 g/mol. The van der Waals surface area contributed by atoms with Crippen molar-refractivity contribution in [2.24, 2.45) is 5.41 Å². The SMILES string of the molecule is CC(O)CCNC(=O)c1ccc(C(=O)NCC(C)(C)C)cc1. The van der Waals surface area contributed by atoms with Crippen LogP contribution in [0.4, 0.5) is 0 Å². The number of aliphatic hydroxyl groups excluding tert-OH is 1. The molecule has 1 atom stereocenters. The Kier molecular flexibility index (Phi) is 6.56. The highest BCUT2D eigenvalue weighted by Crippen LogP contribution is 2.11. The van der Waals surface area contributed by atoms with Crippen molar-refractivity contribution in [2.75, 3.05) is 13.1 Å². The van der Waals surface area contributed by atoms with Gasteiger partial charge in [-0.25, -0.2) is 0 Å². The van der Waals surface area contributed by atoms with Crippen LogP contribution in [0.15, 0.2) is 24.3 Å². The van der Waals surface area contributed by atoms with E-state index in [4.69, 9.17) is 5.11 Å². The summed E-state index contributed by atoms with van der Waals surface area (Å²) < 4.78 is 0. The lowest BCUT2D eigenvalue weighted by molar-refractivity contribution is 0.0930. The van der Waals surface area contributed by atoms with Gasteiger partial charge in [0.05, 0.1) is 6.10 Å². The molecule has 1 aromatic carbocycles. The van der Waals surface area contributed by atoms with Crippen molar-refractivity contribution in [3.8, 4) is 0 Å². The molecule has 0 aliphatic heterocycles. The van der Waals surface area contributed by atoms with Gasteiger partial charge in [-0.15, -0.1) is 0 Å². The molecule has 22 heavy (non-hydrogen) atoms. The maximum atomic E-state index is 12.0. The van der Waals surface area contributed by atoms with E-state index in [0.717, 1.165) is 0 Å². The zero-order valence-electron chi connectivity index (χ0n) is 13.8. The second-order valence-electron chi connectivity index (χ2n) is 6.71. The lowest BCUT2D eigenvalue weighted by Gasteiger charge is -2.18. The predicted molar refractivity (Wildman–Crippen MR) is 86.9 cm³/mol. The molecule has 5 nitrogen and oxygen atoms in total. The van der Waals surface area contributed by atoms with Crippen LogP contribution in [0.1, 0.15) is 54.8 Å². The Morgan fingerprint density at radius 2 is 1.50 bits per heavy atom. The highest BCUT2D eigenvalue weighted by Gasteiger charge is 2.13. The molecule has 1 aromatic rings. The number of benzene rings is 1. The molecule has 0 bridgehead atoms. The fourth-order valence-corrected chi connectivity index (χ4v) is 1.72. The highest BCUT2D eigenvalue weighted by atomic mass is 16.3. The van der Waals surface area contributed by atoms with Gasteiger partial charge in [0.25, 0.3) is 11.8 Å². The fraction of sp³-hybridized carbons (Fsp3) is 0.529. The number of aliphatic hydroxyl groups is 1. The molecule has 122 valence electrons. The van der Waals surface area contributed by atoms with Crippen LogP contribution in [0, 0.1) is 5.41 Å². The molecule has 0 heterocycles. The molecular weight excluding hydrogens is 280 g/mol. The Morgan fingerprint density at radius 1 is 1.05 bits per heavy atom. The maximum absolute atomic E-state index is 12.0. The molecule has 0 saturated carbocycles. The van der Waals surface area contributed by atoms with Crippen molar-refractivity contribution in [3.05, 3.63) is 35.4 Å². The number of carbonyl (C=O) groups is 2. The number of amides is 2. The highest BCUT2D eigenvalue weighted by molar-refractivity contribution is 5.97. The van der Waals surface area contributed by atoms with Crippen molar-refractivity contribution in [3.63, 3.8) is 0 Å². The smallest absolute Gasteiger partial charge is 0.251 e. The summed E-state index contributed by atoms with van der Waals surface area (Å²) in [5.41, 5.74) is 1.06. The van der Waals surface area contributed by atoms with Crippen molar-refractivity contribution in [2.45, 2.75) is 40.2 Å². The minimum absolute atomic E-state index is 0.0271. The van der Waals surface area contributed by atoms with E-state index in [2.05, 4.69) is 10.6 Å². The number of rotatable bonds is 6. The largest absolute Gasteiger partial charge is 0.393 e. The Balaban J connectivity index is 2.55. The zero-order valence-corrected chi connectivity index (χ0v) is 13.8. The first-order valence-electron chi connectivity index (χ1n) is 7.53. The summed E-state index contributed by atoms with van der Waals surface area (Å²) in [7, 11) is 0. The van der Waals surface area contributed by atoms with Gasteiger partial charge >= 0.3 is 0 Å². The van der Waals surface area contributed by atoms with Gasteiger partial charge in [0.15, 0.2) is 0 Å². The number of carbonyl (C=O) groups excluding carboxylic acids is 2. The lowest BCUT2D eigenvalue weighted by Crippen LogP contribution is -2.32. The summed E-state index contributed by atoms with van der Waals surface area (Å²) in [6, 6.07) is 6.54. The molecule has 0 fully saturated rings. The Hall–Kier alpha value is -1.88. The van der Waals surface area contributed by atoms with Crippen molar-refractivity contribution in [1.29, 1.82) is 0 Å². The number of hydrogen-bond acceptors (Lipinski definition) is 3. The van der Waals surface area contributed by atoms with E-state index in [-0.39, 0.29) is 17.2 Å². The van der Waals surface area contributed by atoms with E-state index < -0.39 is 6.10 Å². The molecule has 0 spiro atoms. The second-order valence-corrected chi connectivity index (χ2v) is 6.71. The normalized spacial score (nSPS) is 12.6. The van der Waals surface area contributed by atoms with E-state index in [9.17, 15) is 9.59 Å². The summed E-state index contributed by atoms with van der Waals surface area (Å²) in [5.74, 6) is -0.349. The Bertz CT molecular complexity index is 502. The standard InChI is InChI=1S/C17H26N2O3/c1-12(20)9-10-18-15(21)13-5-7-14(8-6-13)16(22)19-11-17(2,3)4/h5-8,12,20H,9-11H2,1-4H3,(H,18,21)(H,19,22). The van der Waals surface area contributed by atoms with Gasteiger partial charge in [-0.3, -0.25) is 9.59 Å². The van der Waals surface area contributed by atoms with Gasteiger partial charge in [0.1, 0.15) is 0 Å². The van der Waals surface area contributed by atoms with E-state index in [1.807, 2.05) is 20.8 Å². The Labute approximate surface area is 132 Å². The van der Waals surface area contributed by atoms with Crippen LogP contribution >= 0.6 is 0 Å². The summed E-state index contributed by atoms with van der Waals surface area (Å²) in [4.78, 5) is 23.9. The van der Waals surface area contributed by atoms with Gasteiger partial charge in [0, 0.05) is 24.2 Å². The molecule has 0 aromatic heterocycles. The zero-order chi connectivity index (χ0) is 16.8. The lowest BCUT2D eigenvalue weighted by atomic mass is 9.97. The van der Waals surface area contributed by atoms with Gasteiger partial charge < -0.3 is 15.7 Å². The first kappa shape index (κ1) is 18.2. The summed E-state index contributed by atoms with van der Waals surface area (Å²) in [6.07, 6.45) is 0.0770. The van der Waals surface area contributed by atoms with Gasteiger partial charge in [-0.05, 0) is 43.0 Å². The molecule has 0 aliphatic rings. The third kappa shape index (κ3) is 6.72. The van der Waals surface area contributed by atoms with Crippen LogP contribution in [0.5, 0.6) is 0 Å². The average molecular weight is 306 g/mol. The predicted octanol–water partition coefficient (Wildman–Crippen LogP) is 1.96. The van der Waals surface area contributed by atoms with Crippen molar-refractivity contribution in [1.82, 2.24) is 10.6 Å².